The highest BCUT2D eigenvalue weighted by atomic mass is 32.1. The molecule has 1 aliphatic heterocycles. The van der Waals surface area contributed by atoms with Gasteiger partial charge in [-0.25, -0.2) is 4.98 Å². The minimum absolute atomic E-state index is 0.0293. The Hall–Kier alpha value is -2.28. The van der Waals surface area contributed by atoms with Crippen molar-refractivity contribution in [2.45, 2.75) is 26.2 Å². The SMILES string of the molecule is CC(=O)N1CCCc2sc(C(=O)NCCc3ccccn3)nc21. The fourth-order valence-corrected chi connectivity index (χ4v) is 3.57. The number of anilines is 1. The molecule has 6 nitrogen and oxygen atoms in total. The zero-order valence-corrected chi connectivity index (χ0v) is 13.7. The molecule has 23 heavy (non-hydrogen) atoms. The molecule has 1 aliphatic rings. The Morgan fingerprint density at radius 2 is 2.26 bits per heavy atom. The van der Waals surface area contributed by atoms with E-state index in [1.807, 2.05) is 18.2 Å². The van der Waals surface area contributed by atoms with Gasteiger partial charge in [0, 0.05) is 43.2 Å². The van der Waals surface area contributed by atoms with E-state index in [4.69, 9.17) is 0 Å². The molecule has 0 bridgehead atoms. The summed E-state index contributed by atoms with van der Waals surface area (Å²) in [6, 6.07) is 5.72. The molecule has 1 N–H and O–H groups in total. The average Bonchev–Trinajstić information content (AvgIpc) is 2.99. The Balaban J connectivity index is 1.63. The van der Waals surface area contributed by atoms with Gasteiger partial charge in [0.2, 0.25) is 5.91 Å². The van der Waals surface area contributed by atoms with Gasteiger partial charge in [0.15, 0.2) is 5.01 Å². The van der Waals surface area contributed by atoms with Crippen molar-refractivity contribution in [2.24, 2.45) is 0 Å². The number of nitrogens with zero attached hydrogens (tertiary/aromatic N) is 3. The van der Waals surface area contributed by atoms with Gasteiger partial charge in [-0.1, -0.05) is 6.07 Å². The number of amides is 2. The zero-order chi connectivity index (χ0) is 16.2. The van der Waals surface area contributed by atoms with Crippen molar-refractivity contribution in [1.29, 1.82) is 0 Å². The number of rotatable bonds is 4. The Kier molecular flexibility index (Phi) is 4.66. The van der Waals surface area contributed by atoms with Gasteiger partial charge >= 0.3 is 0 Å². The standard InChI is InChI=1S/C16H18N4O2S/c1-11(21)20-10-4-6-13-14(20)19-16(23-13)15(22)18-9-7-12-5-2-3-8-17-12/h2-3,5,8H,4,6-7,9-10H2,1H3,(H,18,22). The average molecular weight is 330 g/mol. The number of carbonyl (C=O) groups excluding carboxylic acids is 2. The minimum atomic E-state index is -0.191. The first-order chi connectivity index (χ1) is 11.1. The predicted octanol–water partition coefficient (Wildman–Crippen LogP) is 1.81. The molecule has 120 valence electrons. The highest BCUT2D eigenvalue weighted by molar-refractivity contribution is 7.14. The number of fused-ring (bicyclic) bond motifs is 1. The number of hydrogen-bond donors (Lipinski definition) is 1. The van der Waals surface area contributed by atoms with Gasteiger partial charge in [-0.15, -0.1) is 11.3 Å². The van der Waals surface area contributed by atoms with Crippen molar-refractivity contribution in [1.82, 2.24) is 15.3 Å². The third kappa shape index (κ3) is 3.56. The molecule has 0 radical (unpaired) electrons. The second-order valence-electron chi connectivity index (χ2n) is 5.37. The molecule has 0 atom stereocenters. The lowest BCUT2D eigenvalue weighted by Gasteiger charge is -2.23. The lowest BCUT2D eigenvalue weighted by molar-refractivity contribution is -0.116. The normalized spacial score (nSPS) is 13.5. The van der Waals surface area contributed by atoms with Crippen LogP contribution in [0.15, 0.2) is 24.4 Å². The molecule has 0 aromatic carbocycles. The highest BCUT2D eigenvalue weighted by Gasteiger charge is 2.26. The van der Waals surface area contributed by atoms with E-state index in [0.717, 1.165) is 23.4 Å². The van der Waals surface area contributed by atoms with Crippen LogP contribution in [0, 0.1) is 0 Å². The number of nitrogens with one attached hydrogen (secondary N) is 1. The van der Waals surface area contributed by atoms with Gasteiger partial charge in [0.05, 0.1) is 0 Å². The Labute approximate surface area is 138 Å². The van der Waals surface area contributed by atoms with Gasteiger partial charge in [-0.2, -0.15) is 0 Å². The first-order valence-corrected chi connectivity index (χ1v) is 8.42. The maximum atomic E-state index is 12.2. The van der Waals surface area contributed by atoms with E-state index in [9.17, 15) is 9.59 Å². The van der Waals surface area contributed by atoms with Gasteiger partial charge in [0.1, 0.15) is 5.82 Å². The molecule has 0 saturated heterocycles. The molecule has 2 aromatic heterocycles. The third-order valence-corrected chi connectivity index (χ3v) is 4.79. The Morgan fingerprint density at radius 1 is 1.39 bits per heavy atom. The number of aromatic nitrogens is 2. The quantitative estimate of drug-likeness (QED) is 0.928. The molecule has 0 aliphatic carbocycles. The van der Waals surface area contributed by atoms with Crippen LogP contribution < -0.4 is 10.2 Å². The van der Waals surface area contributed by atoms with E-state index >= 15 is 0 Å². The topological polar surface area (TPSA) is 75.2 Å². The van der Waals surface area contributed by atoms with Crippen molar-refractivity contribution >= 4 is 29.0 Å². The third-order valence-electron chi connectivity index (χ3n) is 3.69. The van der Waals surface area contributed by atoms with Gasteiger partial charge in [-0.3, -0.25) is 19.5 Å². The summed E-state index contributed by atoms with van der Waals surface area (Å²) in [5.74, 6) is 0.436. The van der Waals surface area contributed by atoms with Gasteiger partial charge < -0.3 is 5.32 Å². The first-order valence-electron chi connectivity index (χ1n) is 7.61. The largest absolute Gasteiger partial charge is 0.350 e. The zero-order valence-electron chi connectivity index (χ0n) is 12.9. The molecule has 3 rings (SSSR count). The number of hydrogen-bond acceptors (Lipinski definition) is 5. The summed E-state index contributed by atoms with van der Waals surface area (Å²) in [4.78, 5) is 35.2. The van der Waals surface area contributed by atoms with Crippen LogP contribution in [-0.2, 0) is 17.6 Å². The molecule has 0 unspecified atom stereocenters. The number of carbonyl (C=O) groups is 2. The second kappa shape index (κ2) is 6.87. The molecule has 2 amide bonds. The number of pyridine rings is 1. The van der Waals surface area contributed by atoms with Crippen molar-refractivity contribution in [3.05, 3.63) is 40.0 Å². The fraction of sp³-hybridized carbons (Fsp3) is 0.375. The predicted molar refractivity (Wildman–Crippen MR) is 88.7 cm³/mol. The van der Waals surface area contributed by atoms with Crippen molar-refractivity contribution in [3.8, 4) is 0 Å². The molecule has 0 saturated carbocycles. The maximum absolute atomic E-state index is 12.2. The molecule has 0 spiro atoms. The van der Waals surface area contributed by atoms with E-state index in [1.165, 1.54) is 18.3 Å². The van der Waals surface area contributed by atoms with Crippen molar-refractivity contribution in [3.63, 3.8) is 0 Å². The van der Waals surface area contributed by atoms with Crippen LogP contribution in [0.2, 0.25) is 0 Å². The molecule has 7 heteroatoms. The molecule has 3 heterocycles. The summed E-state index contributed by atoms with van der Waals surface area (Å²) in [6.45, 7) is 2.71. The summed E-state index contributed by atoms with van der Waals surface area (Å²) in [5, 5.41) is 3.29. The van der Waals surface area contributed by atoms with Crippen LogP contribution in [0.1, 0.15) is 33.7 Å². The van der Waals surface area contributed by atoms with Gasteiger partial charge in [0.25, 0.3) is 5.91 Å². The van der Waals surface area contributed by atoms with Crippen LogP contribution in [0.3, 0.4) is 0 Å². The Bertz CT molecular complexity index is 714. The van der Waals surface area contributed by atoms with E-state index in [0.29, 0.717) is 30.3 Å². The number of thiazole rings is 1. The van der Waals surface area contributed by atoms with Crippen molar-refractivity contribution < 1.29 is 9.59 Å². The molecule has 0 fully saturated rings. The fourth-order valence-electron chi connectivity index (χ4n) is 2.55. The summed E-state index contributed by atoms with van der Waals surface area (Å²) in [6.07, 6.45) is 4.20. The lowest BCUT2D eigenvalue weighted by atomic mass is 10.2. The summed E-state index contributed by atoms with van der Waals surface area (Å²) >= 11 is 1.38. The maximum Gasteiger partial charge on any atom is 0.280 e. The first kappa shape index (κ1) is 15.6. The van der Waals surface area contributed by atoms with E-state index in [-0.39, 0.29) is 11.8 Å². The van der Waals surface area contributed by atoms with Gasteiger partial charge in [-0.05, 0) is 25.0 Å². The highest BCUT2D eigenvalue weighted by Crippen LogP contribution is 2.31. The minimum Gasteiger partial charge on any atom is -0.350 e. The Morgan fingerprint density at radius 3 is 3.00 bits per heavy atom. The lowest BCUT2D eigenvalue weighted by Crippen LogP contribution is -2.33. The smallest absolute Gasteiger partial charge is 0.280 e. The van der Waals surface area contributed by atoms with Crippen LogP contribution in [0.4, 0.5) is 5.82 Å². The molecular formula is C16H18N4O2S. The molecule has 2 aromatic rings. The number of aryl methyl sites for hydroxylation is 1. The second-order valence-corrected chi connectivity index (χ2v) is 6.45. The van der Waals surface area contributed by atoms with Crippen LogP contribution in [0.25, 0.3) is 0 Å². The van der Waals surface area contributed by atoms with E-state index < -0.39 is 0 Å². The van der Waals surface area contributed by atoms with E-state index in [2.05, 4.69) is 15.3 Å². The van der Waals surface area contributed by atoms with Crippen molar-refractivity contribution in [2.75, 3.05) is 18.0 Å². The summed E-state index contributed by atoms with van der Waals surface area (Å²) < 4.78 is 0. The monoisotopic (exact) mass is 330 g/mol. The molecular weight excluding hydrogens is 312 g/mol. The summed E-state index contributed by atoms with van der Waals surface area (Å²) in [5.41, 5.74) is 0.939. The van der Waals surface area contributed by atoms with E-state index in [1.54, 1.807) is 11.1 Å². The van der Waals surface area contributed by atoms with Crippen LogP contribution in [-0.4, -0.2) is 34.9 Å². The summed E-state index contributed by atoms with van der Waals surface area (Å²) in [7, 11) is 0. The van der Waals surface area contributed by atoms with Crippen LogP contribution in [0.5, 0.6) is 0 Å². The van der Waals surface area contributed by atoms with Crippen LogP contribution >= 0.6 is 11.3 Å².